The second kappa shape index (κ2) is 3.20. The maximum atomic E-state index is 9.89. The Balaban J connectivity index is 0.000000360. The number of ether oxygens (including phenoxy) is 1. The molecule has 0 N–H and O–H groups in total. The van der Waals surface area contributed by atoms with E-state index < -0.39 is 0 Å². The van der Waals surface area contributed by atoms with Gasteiger partial charge < -0.3 is 4.74 Å². The van der Waals surface area contributed by atoms with Gasteiger partial charge in [0.15, 0.2) is 0 Å². The zero-order valence-electron chi connectivity index (χ0n) is 4.60. The Labute approximate surface area is 85.0 Å². The summed E-state index contributed by atoms with van der Waals surface area (Å²) in [6, 6.07) is 0. The van der Waals surface area contributed by atoms with Crippen LogP contribution in [0.1, 0.15) is 13.3 Å². The number of cyclic esters (lactones) is 1. The minimum Gasteiger partial charge on any atom is -0.462 e. The van der Waals surface area contributed by atoms with Crippen molar-refractivity contribution in [3.63, 3.8) is 0 Å². The van der Waals surface area contributed by atoms with Gasteiger partial charge in [-0.3, -0.25) is 4.79 Å². The predicted molar refractivity (Wildman–Crippen MR) is 25.9 cm³/mol. The number of esters is 1. The maximum Gasteiger partial charge on any atom is 0.309 e. The topological polar surface area (TPSA) is 26.3 Å². The molecule has 0 bridgehead atoms. The molecule has 0 aromatic heterocycles. The van der Waals surface area contributed by atoms with Crippen LogP contribution in [0.4, 0.5) is 0 Å². The molecule has 1 aliphatic heterocycles. The van der Waals surface area contributed by atoms with Gasteiger partial charge in [-0.05, 0) is 6.92 Å². The molecule has 3 heteroatoms. The van der Waals surface area contributed by atoms with E-state index in [2.05, 4.69) is 4.74 Å². The van der Waals surface area contributed by atoms with E-state index >= 15 is 0 Å². The van der Waals surface area contributed by atoms with E-state index in [0.29, 0.717) is 6.42 Å². The molecule has 7 heavy (non-hydrogen) atoms. The molecule has 1 fully saturated rings. The number of hydrogen-bond donors (Lipinski definition) is 0. The number of rotatable bonds is 0. The average molecular weight is 125 g/mol. The standard InChI is InChI=1S/C4H6O2.K/c1-3-2-4(5)6-3;/h3H,2H2,1H3;. The fourth-order valence-corrected chi connectivity index (χ4v) is 0.449. The van der Waals surface area contributed by atoms with Gasteiger partial charge in [0.2, 0.25) is 0 Å². The van der Waals surface area contributed by atoms with Crippen LogP contribution in [0.3, 0.4) is 0 Å². The van der Waals surface area contributed by atoms with E-state index in [-0.39, 0.29) is 63.5 Å². The van der Waals surface area contributed by atoms with Crippen LogP contribution in [-0.2, 0) is 9.53 Å². The summed E-state index contributed by atoms with van der Waals surface area (Å²) in [6.45, 7) is 1.88. The molecule has 1 atom stereocenters. The third-order valence-corrected chi connectivity index (χ3v) is 0.787. The van der Waals surface area contributed by atoms with Crippen molar-refractivity contribution in [2.24, 2.45) is 0 Å². The van der Waals surface area contributed by atoms with Gasteiger partial charge in [0, 0.05) is 51.4 Å². The molecule has 1 unspecified atom stereocenters. The molecule has 0 saturated carbocycles. The Morgan fingerprint density at radius 2 is 2.29 bits per heavy atom. The molecule has 0 spiro atoms. The summed E-state index contributed by atoms with van der Waals surface area (Å²) in [5.41, 5.74) is 0. The monoisotopic (exact) mass is 125 g/mol. The molecule has 0 aromatic carbocycles. The molecule has 35 valence electrons. The molecule has 2 nitrogen and oxygen atoms in total. The second-order valence-corrected chi connectivity index (χ2v) is 1.50. The average Bonchev–Trinajstić information content (AvgIpc) is 1.33. The van der Waals surface area contributed by atoms with Crippen molar-refractivity contribution in [2.75, 3.05) is 0 Å². The second-order valence-electron chi connectivity index (χ2n) is 1.50. The molecule has 1 rings (SSSR count). The van der Waals surface area contributed by atoms with Crippen LogP contribution >= 0.6 is 0 Å². The van der Waals surface area contributed by atoms with Gasteiger partial charge in [0.25, 0.3) is 0 Å². The van der Waals surface area contributed by atoms with Crippen LogP contribution in [0.25, 0.3) is 0 Å². The van der Waals surface area contributed by atoms with Gasteiger partial charge in [-0.1, -0.05) is 0 Å². The Hall–Kier alpha value is 1.11. The molecular formula is C4H6KO2. The Morgan fingerprint density at radius 1 is 1.86 bits per heavy atom. The van der Waals surface area contributed by atoms with Crippen LogP contribution in [0.2, 0.25) is 0 Å². The Bertz CT molecular complexity index is 73.8. The summed E-state index contributed by atoms with van der Waals surface area (Å²) in [6.07, 6.45) is 0.803. The van der Waals surface area contributed by atoms with Crippen molar-refractivity contribution in [2.45, 2.75) is 19.4 Å². The molecule has 1 aliphatic rings. The van der Waals surface area contributed by atoms with Crippen molar-refractivity contribution in [3.05, 3.63) is 0 Å². The fourth-order valence-electron chi connectivity index (χ4n) is 0.449. The van der Waals surface area contributed by atoms with Gasteiger partial charge in [0.05, 0.1) is 6.42 Å². The van der Waals surface area contributed by atoms with Gasteiger partial charge in [0.1, 0.15) is 6.10 Å². The fraction of sp³-hybridized carbons (Fsp3) is 0.750. The third kappa shape index (κ3) is 2.23. The molecule has 0 aliphatic carbocycles. The summed E-state index contributed by atoms with van der Waals surface area (Å²) < 4.78 is 4.50. The first-order valence-corrected chi connectivity index (χ1v) is 1.98. The predicted octanol–water partition coefficient (Wildman–Crippen LogP) is -0.0590. The van der Waals surface area contributed by atoms with Gasteiger partial charge in [-0.25, -0.2) is 0 Å². The summed E-state index contributed by atoms with van der Waals surface area (Å²) in [7, 11) is 0. The number of carbonyl (C=O) groups is 1. The molecule has 1 saturated heterocycles. The molecule has 1 radical (unpaired) electrons. The van der Waals surface area contributed by atoms with Gasteiger partial charge in [-0.2, -0.15) is 0 Å². The number of carbonyl (C=O) groups excluding carboxylic acids is 1. The van der Waals surface area contributed by atoms with E-state index in [0.717, 1.165) is 0 Å². The van der Waals surface area contributed by atoms with Crippen molar-refractivity contribution in [3.8, 4) is 0 Å². The first-order valence-electron chi connectivity index (χ1n) is 1.98. The molecular weight excluding hydrogens is 119 g/mol. The summed E-state index contributed by atoms with van der Waals surface area (Å²) in [4.78, 5) is 9.89. The zero-order valence-corrected chi connectivity index (χ0v) is 7.72. The molecule has 0 aromatic rings. The Kier molecular flexibility index (Phi) is 3.70. The van der Waals surface area contributed by atoms with E-state index in [1.54, 1.807) is 0 Å². The van der Waals surface area contributed by atoms with E-state index in [1.165, 1.54) is 0 Å². The Morgan fingerprint density at radius 3 is 2.29 bits per heavy atom. The third-order valence-electron chi connectivity index (χ3n) is 0.787. The van der Waals surface area contributed by atoms with Crippen LogP contribution in [-0.4, -0.2) is 63.5 Å². The van der Waals surface area contributed by atoms with Crippen molar-refractivity contribution < 1.29 is 9.53 Å². The van der Waals surface area contributed by atoms with Crippen molar-refractivity contribution in [1.29, 1.82) is 0 Å². The largest absolute Gasteiger partial charge is 0.462 e. The van der Waals surface area contributed by atoms with E-state index in [1.807, 2.05) is 6.92 Å². The van der Waals surface area contributed by atoms with E-state index in [4.69, 9.17) is 0 Å². The number of hydrogen-bond acceptors (Lipinski definition) is 2. The molecule has 0 amide bonds. The summed E-state index contributed by atoms with van der Waals surface area (Å²) in [5.74, 6) is -0.0671. The van der Waals surface area contributed by atoms with Crippen molar-refractivity contribution >= 4 is 57.4 Å². The maximum absolute atomic E-state index is 9.89. The van der Waals surface area contributed by atoms with Gasteiger partial charge >= 0.3 is 5.97 Å². The minimum atomic E-state index is -0.0671. The quantitative estimate of drug-likeness (QED) is 0.335. The smallest absolute Gasteiger partial charge is 0.309 e. The first-order chi connectivity index (χ1) is 2.79. The van der Waals surface area contributed by atoms with Crippen LogP contribution in [0.15, 0.2) is 0 Å². The van der Waals surface area contributed by atoms with Crippen LogP contribution < -0.4 is 0 Å². The summed E-state index contributed by atoms with van der Waals surface area (Å²) >= 11 is 0. The normalized spacial score (nSPS) is 27.0. The first kappa shape index (κ1) is 8.11. The van der Waals surface area contributed by atoms with Crippen LogP contribution in [0, 0.1) is 0 Å². The van der Waals surface area contributed by atoms with E-state index in [9.17, 15) is 4.79 Å². The minimum absolute atomic E-state index is 0. The van der Waals surface area contributed by atoms with Crippen molar-refractivity contribution in [1.82, 2.24) is 0 Å². The SMILES string of the molecule is CC1CC(=O)O1.[K]. The van der Waals surface area contributed by atoms with Crippen LogP contribution in [0.5, 0.6) is 0 Å². The molecule has 1 heterocycles. The zero-order chi connectivity index (χ0) is 4.57. The summed E-state index contributed by atoms with van der Waals surface area (Å²) in [5, 5.41) is 0. The van der Waals surface area contributed by atoms with Gasteiger partial charge in [-0.15, -0.1) is 0 Å².